The largest absolute Gasteiger partial charge is 0.355 e. The van der Waals surface area contributed by atoms with E-state index in [-0.39, 0.29) is 29.6 Å². The number of hydrogen-bond acceptors (Lipinski definition) is 8. The minimum atomic E-state index is -0.724. The molecule has 0 radical (unpaired) electrons. The van der Waals surface area contributed by atoms with Crippen LogP contribution in [0.25, 0.3) is 11.3 Å². The Kier molecular flexibility index (Phi) is 20.7. The van der Waals surface area contributed by atoms with E-state index < -0.39 is 11.6 Å². The maximum atomic E-state index is 14.9. The van der Waals surface area contributed by atoms with Gasteiger partial charge in [0.25, 0.3) is 5.91 Å². The van der Waals surface area contributed by atoms with Crippen LogP contribution in [0.15, 0.2) is 133 Å². The average Bonchev–Trinajstić information content (AvgIpc) is 3.42. The number of fused-ring (bicyclic) bond motifs is 3. The minimum absolute atomic E-state index is 0.0731. The Morgan fingerprint density at radius 2 is 1.40 bits per heavy atom. The van der Waals surface area contributed by atoms with Crippen LogP contribution in [-0.4, -0.2) is 52.1 Å². The number of nitrogens with one attached hydrogen (secondary N) is 3. The van der Waals surface area contributed by atoms with E-state index in [0.717, 1.165) is 56.5 Å². The quantitative estimate of drug-likeness (QED) is 0.0365. The molecule has 1 aromatic heterocycles. The number of rotatable bonds is 24. The second kappa shape index (κ2) is 26.9. The molecule has 1 aliphatic heterocycles. The van der Waals surface area contributed by atoms with Crippen molar-refractivity contribution in [2.24, 2.45) is 4.99 Å². The van der Waals surface area contributed by atoms with Gasteiger partial charge in [-0.15, -0.1) is 0 Å². The van der Waals surface area contributed by atoms with Gasteiger partial charge in [-0.2, -0.15) is 0 Å². The van der Waals surface area contributed by atoms with Crippen molar-refractivity contribution in [2.45, 2.75) is 64.8 Å². The maximum Gasteiger partial charge on any atom is 0.251 e. The number of carbonyl (C=O) groups excluding carboxylic acids is 2. The number of benzene rings is 3. The number of anilines is 2. The molecule has 0 saturated carbocycles. The summed E-state index contributed by atoms with van der Waals surface area (Å²) in [6.45, 7) is 3.36. The first-order chi connectivity index (χ1) is 30.3. The molecule has 0 unspecified atom stereocenters. The number of aliphatic imine (C=N–C) groups is 1. The summed E-state index contributed by atoms with van der Waals surface area (Å²) in [6, 6.07) is 15.8. The molecule has 5 rings (SSSR count). The van der Waals surface area contributed by atoms with Crippen LogP contribution < -0.4 is 16.0 Å². The molecule has 4 aromatic rings. The molecular weight excluding hydrogens is 842 g/mol. The molecule has 1 aliphatic rings. The molecule has 3 aromatic carbocycles. The van der Waals surface area contributed by atoms with E-state index in [1.807, 2.05) is 0 Å². The number of nitrogens with zero attached hydrogens (tertiary/aromatic N) is 3. The Hall–Kier alpha value is -5.30. The summed E-state index contributed by atoms with van der Waals surface area (Å²) in [5.74, 6) is 0.251. The average molecular weight is 896 g/mol. The molecule has 0 saturated heterocycles. The number of amides is 2. The summed E-state index contributed by atoms with van der Waals surface area (Å²) in [5, 5.41) is 9.50. The zero-order chi connectivity index (χ0) is 43.8. The molecule has 0 atom stereocenters. The van der Waals surface area contributed by atoms with Gasteiger partial charge in [0.05, 0.1) is 23.5 Å². The first-order valence-corrected chi connectivity index (χ1v) is 23.8. The smallest absolute Gasteiger partial charge is 0.251 e. The molecule has 2 amide bonds. The van der Waals surface area contributed by atoms with Crippen molar-refractivity contribution in [1.82, 2.24) is 20.6 Å². The van der Waals surface area contributed by atoms with Crippen LogP contribution >= 0.6 is 33.2 Å². The van der Waals surface area contributed by atoms with Gasteiger partial charge in [-0.1, -0.05) is 113 Å². The van der Waals surface area contributed by atoms with E-state index in [0.29, 0.717) is 64.1 Å². The number of aromatic nitrogens is 2. The Bertz CT molecular complexity index is 2260. The van der Waals surface area contributed by atoms with Gasteiger partial charge in [0.2, 0.25) is 11.9 Å². The highest BCUT2D eigenvalue weighted by atomic mass is 35.5. The number of halogens is 3. The Balaban J connectivity index is 0.935. The van der Waals surface area contributed by atoms with Gasteiger partial charge in [-0.25, -0.2) is 18.7 Å². The fraction of sp³-hybridized carbons (Fsp3) is 0.286. The highest BCUT2D eigenvalue weighted by Crippen LogP contribution is 2.35. The SMILES string of the molecule is CC/C=C\C/C=C\C/C=C\C/C=C\C/C=C\CCCC(=O)NCCSSCCNC(=O)c1ccc(Nc2ncc3c(n2)-c2ccc(Cl)cc2C(c2c(F)cccc2F)=NC3)cc1. The lowest BCUT2D eigenvalue weighted by Crippen LogP contribution is -2.26. The molecule has 62 heavy (non-hydrogen) atoms. The zero-order valence-electron chi connectivity index (χ0n) is 34.9. The van der Waals surface area contributed by atoms with E-state index in [2.05, 4.69) is 93.6 Å². The summed E-state index contributed by atoms with van der Waals surface area (Å²) < 4.78 is 29.8. The van der Waals surface area contributed by atoms with Crippen molar-refractivity contribution in [3.05, 3.63) is 167 Å². The van der Waals surface area contributed by atoms with E-state index in [4.69, 9.17) is 16.6 Å². The molecule has 2 heterocycles. The van der Waals surface area contributed by atoms with E-state index in [9.17, 15) is 18.4 Å². The van der Waals surface area contributed by atoms with E-state index in [1.165, 1.54) is 18.2 Å². The highest BCUT2D eigenvalue weighted by Gasteiger charge is 2.25. The minimum Gasteiger partial charge on any atom is -0.355 e. The predicted molar refractivity (Wildman–Crippen MR) is 256 cm³/mol. The molecular formula is C49H53ClF2N6O2S2. The van der Waals surface area contributed by atoms with Gasteiger partial charge >= 0.3 is 0 Å². The van der Waals surface area contributed by atoms with Gasteiger partial charge in [0, 0.05) is 70.2 Å². The number of carbonyl (C=O) groups is 2. The van der Waals surface area contributed by atoms with E-state index in [1.54, 1.807) is 70.2 Å². The summed E-state index contributed by atoms with van der Waals surface area (Å²) in [5.41, 5.74) is 3.42. The number of allylic oxidation sites excluding steroid dienone is 10. The number of unbranched alkanes of at least 4 members (excludes halogenated alkanes) is 1. The standard InChI is InChI=1S/C49H53ClF2N6O2S2/c1-2-3-4-5-6-7-8-9-10-11-12-13-14-15-16-17-18-22-44(59)53-29-31-61-62-32-30-54-48(60)36-23-26-39(27-24-36)57-49-56-35-37-34-55-47(45-42(51)20-19-21-43(45)52)41-33-38(50)25-28-40(41)46(37)58-49/h3-4,6-7,9-10,12-13,15-16,19-21,23-28,33,35H,2,5,8,11,14,17-18,22,29-32,34H2,1H3,(H,53,59)(H,54,60)(H,56,57,58)/b4-3-,7-6-,10-9-,13-12-,16-15-. The van der Waals surface area contributed by atoms with Crippen LogP contribution in [0.1, 0.15) is 85.3 Å². The Morgan fingerprint density at radius 3 is 2.06 bits per heavy atom. The lowest BCUT2D eigenvalue weighted by molar-refractivity contribution is -0.121. The van der Waals surface area contributed by atoms with Crippen molar-refractivity contribution in [3.63, 3.8) is 0 Å². The van der Waals surface area contributed by atoms with Crippen LogP contribution in [0.4, 0.5) is 20.4 Å². The molecule has 8 nitrogen and oxygen atoms in total. The summed E-state index contributed by atoms with van der Waals surface area (Å²) >= 11 is 6.34. The zero-order valence-corrected chi connectivity index (χ0v) is 37.3. The molecule has 0 fully saturated rings. The van der Waals surface area contributed by atoms with Gasteiger partial charge < -0.3 is 16.0 Å². The summed E-state index contributed by atoms with van der Waals surface area (Å²) in [4.78, 5) is 38.8. The van der Waals surface area contributed by atoms with E-state index >= 15 is 0 Å². The molecule has 0 spiro atoms. The highest BCUT2D eigenvalue weighted by molar-refractivity contribution is 8.76. The van der Waals surface area contributed by atoms with Crippen LogP contribution in [-0.2, 0) is 11.3 Å². The normalized spacial score (nSPS) is 12.6. The molecule has 13 heteroatoms. The summed E-state index contributed by atoms with van der Waals surface area (Å²) in [6.07, 6.45) is 30.6. The summed E-state index contributed by atoms with van der Waals surface area (Å²) in [7, 11) is 3.31. The Labute approximate surface area is 377 Å². The third-order valence-corrected chi connectivity index (χ3v) is 12.0. The van der Waals surface area contributed by atoms with Gasteiger partial charge in [-0.05, 0) is 93.5 Å². The third-order valence-electron chi connectivity index (χ3n) is 9.36. The van der Waals surface area contributed by atoms with Gasteiger partial charge in [-0.3, -0.25) is 14.6 Å². The second-order valence-electron chi connectivity index (χ2n) is 14.1. The van der Waals surface area contributed by atoms with Crippen LogP contribution in [0.5, 0.6) is 0 Å². The van der Waals surface area contributed by atoms with Crippen molar-refractivity contribution < 1.29 is 18.4 Å². The van der Waals surface area contributed by atoms with Crippen molar-refractivity contribution in [1.29, 1.82) is 0 Å². The third kappa shape index (κ3) is 15.9. The fourth-order valence-corrected chi connectivity index (χ4v) is 8.24. The lowest BCUT2D eigenvalue weighted by Gasteiger charge is -2.13. The van der Waals surface area contributed by atoms with Crippen molar-refractivity contribution in [3.8, 4) is 11.3 Å². The lowest BCUT2D eigenvalue weighted by atomic mass is 9.95. The van der Waals surface area contributed by atoms with Gasteiger partial charge in [0.15, 0.2) is 0 Å². The molecule has 0 bridgehead atoms. The topological polar surface area (TPSA) is 108 Å². The molecule has 0 aliphatic carbocycles. The first kappa shape index (κ1) is 47.7. The van der Waals surface area contributed by atoms with Crippen LogP contribution in [0, 0.1) is 11.6 Å². The second-order valence-corrected chi connectivity index (χ2v) is 17.2. The Morgan fingerprint density at radius 1 is 0.774 bits per heavy atom. The maximum absolute atomic E-state index is 14.9. The molecule has 324 valence electrons. The first-order valence-electron chi connectivity index (χ1n) is 20.9. The van der Waals surface area contributed by atoms with Crippen molar-refractivity contribution in [2.75, 3.05) is 29.9 Å². The van der Waals surface area contributed by atoms with Crippen LogP contribution in [0.2, 0.25) is 5.02 Å². The predicted octanol–water partition coefficient (Wildman–Crippen LogP) is 12.3. The van der Waals surface area contributed by atoms with Crippen LogP contribution in [0.3, 0.4) is 0 Å². The van der Waals surface area contributed by atoms with Crippen molar-refractivity contribution >= 4 is 62.4 Å². The molecule has 3 N–H and O–H groups in total. The van der Waals surface area contributed by atoms with Gasteiger partial charge in [0.1, 0.15) is 11.6 Å². The number of hydrogen-bond donors (Lipinski definition) is 3. The monoisotopic (exact) mass is 894 g/mol. The fourth-order valence-electron chi connectivity index (χ4n) is 6.25.